The van der Waals surface area contributed by atoms with E-state index in [1.165, 1.54) is 20.3 Å². The van der Waals surface area contributed by atoms with Crippen LogP contribution in [0.15, 0.2) is 22.7 Å². The van der Waals surface area contributed by atoms with Gasteiger partial charge in [0.15, 0.2) is 11.5 Å². The normalized spacial score (nSPS) is 10.2. The van der Waals surface area contributed by atoms with Gasteiger partial charge in [0, 0.05) is 5.56 Å². The fraction of sp³-hybridized carbons (Fsp3) is 0.312. The maximum Gasteiger partial charge on any atom is 0.345 e. The van der Waals surface area contributed by atoms with Gasteiger partial charge in [0.25, 0.3) is 5.91 Å². The van der Waals surface area contributed by atoms with Gasteiger partial charge in [-0.2, -0.15) is 0 Å². The van der Waals surface area contributed by atoms with Crippen molar-refractivity contribution >= 4 is 17.8 Å². The van der Waals surface area contributed by atoms with E-state index in [-0.39, 0.29) is 18.1 Å². The minimum Gasteiger partial charge on any atom is -0.493 e. The van der Waals surface area contributed by atoms with Gasteiger partial charge < -0.3 is 18.7 Å². The molecule has 8 heteroatoms. The van der Waals surface area contributed by atoms with Gasteiger partial charge in [0.1, 0.15) is 5.56 Å². The highest BCUT2D eigenvalue weighted by Gasteiger charge is 2.24. The highest BCUT2D eigenvalue weighted by atomic mass is 16.5. The second-order valence-electron chi connectivity index (χ2n) is 4.72. The van der Waals surface area contributed by atoms with Crippen LogP contribution in [0.3, 0.4) is 0 Å². The van der Waals surface area contributed by atoms with Crippen LogP contribution in [0, 0.1) is 6.92 Å². The second-order valence-corrected chi connectivity index (χ2v) is 4.72. The third kappa shape index (κ3) is 3.48. The molecule has 1 aromatic carbocycles. The first kappa shape index (κ1) is 17.3. The van der Waals surface area contributed by atoms with Gasteiger partial charge in [-0.05, 0) is 32.0 Å². The first-order valence-electron chi connectivity index (χ1n) is 7.18. The van der Waals surface area contributed by atoms with Crippen molar-refractivity contribution in [3.8, 4) is 11.5 Å². The molecular formula is C16H18N2O6. The number of aromatic nitrogens is 1. The van der Waals surface area contributed by atoms with Gasteiger partial charge in [-0.3, -0.25) is 10.1 Å². The molecule has 0 aliphatic heterocycles. The van der Waals surface area contributed by atoms with Gasteiger partial charge in [-0.1, -0.05) is 5.16 Å². The topological polar surface area (TPSA) is 99.9 Å². The number of amides is 1. The SMILES string of the molecule is CCOC(=O)c1c(C)noc1NC(=O)c1ccc(OC)c(OC)c1. The van der Waals surface area contributed by atoms with Crippen molar-refractivity contribution in [2.75, 3.05) is 26.1 Å². The van der Waals surface area contributed by atoms with Crippen molar-refractivity contribution in [2.24, 2.45) is 0 Å². The number of rotatable bonds is 6. The third-order valence-electron chi connectivity index (χ3n) is 3.22. The van der Waals surface area contributed by atoms with Crippen molar-refractivity contribution in [3.05, 3.63) is 35.0 Å². The number of ether oxygens (including phenoxy) is 3. The van der Waals surface area contributed by atoms with Crippen molar-refractivity contribution in [1.29, 1.82) is 0 Å². The summed E-state index contributed by atoms with van der Waals surface area (Å²) in [6.45, 7) is 3.47. The molecule has 0 fully saturated rings. The Morgan fingerprint density at radius 2 is 1.92 bits per heavy atom. The highest BCUT2D eigenvalue weighted by molar-refractivity contribution is 6.07. The van der Waals surface area contributed by atoms with Crippen LogP contribution in [-0.2, 0) is 4.74 Å². The Hall–Kier alpha value is -3.03. The summed E-state index contributed by atoms with van der Waals surface area (Å²) in [5.74, 6) is -0.261. The molecule has 1 heterocycles. The van der Waals surface area contributed by atoms with Crippen LogP contribution in [0.25, 0.3) is 0 Å². The van der Waals surface area contributed by atoms with E-state index in [2.05, 4.69) is 10.5 Å². The number of hydrogen-bond donors (Lipinski definition) is 1. The largest absolute Gasteiger partial charge is 0.493 e. The molecule has 24 heavy (non-hydrogen) atoms. The molecule has 0 spiro atoms. The summed E-state index contributed by atoms with van der Waals surface area (Å²) in [5, 5.41) is 6.20. The monoisotopic (exact) mass is 334 g/mol. The second kappa shape index (κ2) is 7.49. The summed E-state index contributed by atoms with van der Waals surface area (Å²) in [6, 6.07) is 4.68. The van der Waals surface area contributed by atoms with Gasteiger partial charge in [-0.25, -0.2) is 4.79 Å². The Labute approximate surface area is 138 Å². The zero-order valence-electron chi connectivity index (χ0n) is 13.8. The summed E-state index contributed by atoms with van der Waals surface area (Å²) in [6.07, 6.45) is 0. The Morgan fingerprint density at radius 1 is 1.21 bits per heavy atom. The standard InChI is InChI=1S/C16H18N2O6/c1-5-23-16(20)13-9(2)18-24-15(13)17-14(19)10-6-7-11(21-3)12(8-10)22-4/h6-8H,5H2,1-4H3,(H,17,19). The summed E-state index contributed by atoms with van der Waals surface area (Å²) in [5.41, 5.74) is 0.721. The van der Waals surface area contributed by atoms with E-state index in [0.717, 1.165) is 0 Å². The minimum atomic E-state index is -0.612. The number of methoxy groups -OCH3 is 2. The first-order chi connectivity index (χ1) is 11.5. The summed E-state index contributed by atoms with van der Waals surface area (Å²) in [4.78, 5) is 24.3. The number of aryl methyl sites for hydroxylation is 1. The summed E-state index contributed by atoms with van der Waals surface area (Å²) < 4.78 is 20.2. The number of carbonyl (C=O) groups is 2. The molecule has 1 amide bonds. The molecule has 0 atom stereocenters. The third-order valence-corrected chi connectivity index (χ3v) is 3.22. The number of benzene rings is 1. The molecule has 0 aliphatic carbocycles. The van der Waals surface area contributed by atoms with Crippen LogP contribution >= 0.6 is 0 Å². The molecule has 1 N–H and O–H groups in total. The summed E-state index contributed by atoms with van der Waals surface area (Å²) >= 11 is 0. The number of hydrogen-bond acceptors (Lipinski definition) is 7. The number of nitrogens with zero attached hydrogens (tertiary/aromatic N) is 1. The quantitative estimate of drug-likeness (QED) is 0.810. The fourth-order valence-electron chi connectivity index (χ4n) is 2.05. The highest BCUT2D eigenvalue weighted by Crippen LogP contribution is 2.28. The molecule has 0 unspecified atom stereocenters. The molecular weight excluding hydrogens is 316 g/mol. The zero-order chi connectivity index (χ0) is 17.7. The predicted octanol–water partition coefficient (Wildman–Crippen LogP) is 2.43. The van der Waals surface area contributed by atoms with Crippen LogP contribution in [-0.4, -0.2) is 37.9 Å². The summed E-state index contributed by atoms with van der Waals surface area (Å²) in [7, 11) is 2.97. The maximum atomic E-state index is 12.4. The van der Waals surface area contributed by atoms with Crippen molar-refractivity contribution in [3.63, 3.8) is 0 Å². The Bertz CT molecular complexity index is 753. The fourth-order valence-corrected chi connectivity index (χ4v) is 2.05. The lowest BCUT2D eigenvalue weighted by Crippen LogP contribution is -2.15. The number of nitrogens with one attached hydrogen (secondary N) is 1. The van der Waals surface area contributed by atoms with Crippen LogP contribution in [0.1, 0.15) is 33.3 Å². The smallest absolute Gasteiger partial charge is 0.345 e. The number of carbonyl (C=O) groups excluding carboxylic acids is 2. The predicted molar refractivity (Wildman–Crippen MR) is 84.7 cm³/mol. The van der Waals surface area contributed by atoms with Gasteiger partial charge in [-0.15, -0.1) is 0 Å². The first-order valence-corrected chi connectivity index (χ1v) is 7.18. The van der Waals surface area contributed by atoms with E-state index >= 15 is 0 Å². The molecule has 2 rings (SSSR count). The van der Waals surface area contributed by atoms with Gasteiger partial charge in [0.2, 0.25) is 5.88 Å². The molecule has 1 aromatic heterocycles. The van der Waals surface area contributed by atoms with Gasteiger partial charge >= 0.3 is 5.97 Å². The zero-order valence-corrected chi connectivity index (χ0v) is 13.8. The van der Waals surface area contributed by atoms with E-state index in [1.54, 1.807) is 26.0 Å². The average molecular weight is 334 g/mol. The lowest BCUT2D eigenvalue weighted by Gasteiger charge is -2.09. The van der Waals surface area contributed by atoms with Crippen LogP contribution < -0.4 is 14.8 Å². The lowest BCUT2D eigenvalue weighted by atomic mass is 10.2. The number of esters is 1. The Morgan fingerprint density at radius 3 is 2.54 bits per heavy atom. The van der Waals surface area contributed by atoms with Gasteiger partial charge in [0.05, 0.1) is 26.5 Å². The van der Waals surface area contributed by atoms with Crippen LogP contribution in [0.4, 0.5) is 5.88 Å². The average Bonchev–Trinajstić information content (AvgIpc) is 2.94. The van der Waals surface area contributed by atoms with Crippen LogP contribution in [0.5, 0.6) is 11.5 Å². The lowest BCUT2D eigenvalue weighted by molar-refractivity contribution is 0.0526. The molecule has 0 bridgehead atoms. The van der Waals surface area contributed by atoms with Crippen molar-refractivity contribution in [1.82, 2.24) is 5.16 Å². The van der Waals surface area contributed by atoms with E-state index in [1.807, 2.05) is 0 Å². The molecule has 8 nitrogen and oxygen atoms in total. The van der Waals surface area contributed by atoms with E-state index in [4.69, 9.17) is 18.7 Å². The minimum absolute atomic E-state index is 0.0641. The van der Waals surface area contributed by atoms with Crippen molar-refractivity contribution < 1.29 is 28.3 Å². The van der Waals surface area contributed by atoms with E-state index < -0.39 is 11.9 Å². The van der Waals surface area contributed by atoms with E-state index in [9.17, 15) is 9.59 Å². The van der Waals surface area contributed by atoms with Crippen molar-refractivity contribution in [2.45, 2.75) is 13.8 Å². The molecule has 0 saturated heterocycles. The Balaban J connectivity index is 2.26. The Kier molecular flexibility index (Phi) is 5.41. The molecule has 128 valence electrons. The molecule has 0 aliphatic rings. The number of anilines is 1. The molecule has 0 radical (unpaired) electrons. The van der Waals surface area contributed by atoms with E-state index in [0.29, 0.717) is 22.8 Å². The molecule has 0 saturated carbocycles. The van der Waals surface area contributed by atoms with Crippen LogP contribution in [0.2, 0.25) is 0 Å². The molecule has 2 aromatic rings. The maximum absolute atomic E-state index is 12.4.